The second kappa shape index (κ2) is 5.74. The molecule has 0 unspecified atom stereocenters. The van der Waals surface area contributed by atoms with Crippen LogP contribution in [0.4, 0.5) is 5.82 Å². The Morgan fingerprint density at radius 2 is 2.14 bits per heavy atom. The lowest BCUT2D eigenvalue weighted by atomic mass is 9.91. The highest BCUT2D eigenvalue weighted by Crippen LogP contribution is 2.33. The van der Waals surface area contributed by atoms with E-state index in [4.69, 9.17) is 11.6 Å². The van der Waals surface area contributed by atoms with Gasteiger partial charge < -0.3 is 10.2 Å². The molecule has 0 bridgehead atoms. The average molecular weight is 302 g/mol. The maximum absolute atomic E-state index is 11.9. The van der Waals surface area contributed by atoms with E-state index in [1.807, 2.05) is 18.2 Å². The summed E-state index contributed by atoms with van der Waals surface area (Å²) in [6, 6.07) is 11.5. The second-order valence-electron chi connectivity index (χ2n) is 5.11. The first-order valence-corrected chi connectivity index (χ1v) is 7.24. The van der Waals surface area contributed by atoms with Gasteiger partial charge in [-0.25, -0.2) is 4.98 Å². The van der Waals surface area contributed by atoms with Crippen LogP contribution >= 0.6 is 11.6 Å². The zero-order chi connectivity index (χ0) is 14.8. The molecule has 0 saturated carbocycles. The fourth-order valence-electron chi connectivity index (χ4n) is 2.58. The van der Waals surface area contributed by atoms with Crippen molar-refractivity contribution < 1.29 is 4.79 Å². The molecule has 1 N–H and O–H groups in total. The summed E-state index contributed by atoms with van der Waals surface area (Å²) in [4.78, 5) is 18.4. The summed E-state index contributed by atoms with van der Waals surface area (Å²) in [7, 11) is 1.63. The van der Waals surface area contributed by atoms with E-state index in [2.05, 4.69) is 21.3 Å². The van der Waals surface area contributed by atoms with E-state index < -0.39 is 0 Å². The van der Waals surface area contributed by atoms with E-state index in [1.165, 1.54) is 5.56 Å². The van der Waals surface area contributed by atoms with Crippen LogP contribution in [-0.4, -0.2) is 31.0 Å². The SMILES string of the molecule is CNC(=O)c1cccnc1N1CC(c2cccc(Cl)c2)C1. The van der Waals surface area contributed by atoms with Crippen LogP contribution < -0.4 is 10.2 Å². The van der Waals surface area contributed by atoms with Crippen molar-refractivity contribution in [2.24, 2.45) is 0 Å². The number of pyridine rings is 1. The quantitative estimate of drug-likeness (QED) is 0.948. The van der Waals surface area contributed by atoms with Gasteiger partial charge in [0.15, 0.2) is 0 Å². The Hall–Kier alpha value is -2.07. The lowest BCUT2D eigenvalue weighted by Gasteiger charge is -2.41. The monoisotopic (exact) mass is 301 g/mol. The first-order valence-electron chi connectivity index (χ1n) is 6.86. The number of anilines is 1. The van der Waals surface area contributed by atoms with E-state index in [0.717, 1.165) is 23.9 Å². The molecule has 108 valence electrons. The van der Waals surface area contributed by atoms with E-state index >= 15 is 0 Å². The summed E-state index contributed by atoms with van der Waals surface area (Å²) < 4.78 is 0. The van der Waals surface area contributed by atoms with Gasteiger partial charge in [0.1, 0.15) is 5.82 Å². The third-order valence-electron chi connectivity index (χ3n) is 3.76. The third-order valence-corrected chi connectivity index (χ3v) is 3.99. The van der Waals surface area contributed by atoms with Gasteiger partial charge in [-0.05, 0) is 29.8 Å². The first-order chi connectivity index (χ1) is 10.2. The van der Waals surface area contributed by atoms with Crippen LogP contribution in [0.1, 0.15) is 21.8 Å². The van der Waals surface area contributed by atoms with Gasteiger partial charge in [0.05, 0.1) is 5.56 Å². The fourth-order valence-corrected chi connectivity index (χ4v) is 2.78. The zero-order valence-electron chi connectivity index (χ0n) is 11.7. The molecule has 0 radical (unpaired) electrons. The van der Waals surface area contributed by atoms with Gasteiger partial charge in [0.25, 0.3) is 5.91 Å². The van der Waals surface area contributed by atoms with Crippen LogP contribution in [0.3, 0.4) is 0 Å². The summed E-state index contributed by atoms with van der Waals surface area (Å²) in [5.74, 6) is 1.07. The molecular weight excluding hydrogens is 286 g/mol. The molecular formula is C16H16ClN3O. The Morgan fingerprint density at radius 1 is 1.33 bits per heavy atom. The minimum absolute atomic E-state index is 0.107. The van der Waals surface area contributed by atoms with E-state index in [-0.39, 0.29) is 5.91 Å². The number of benzene rings is 1. The number of nitrogens with zero attached hydrogens (tertiary/aromatic N) is 2. The topological polar surface area (TPSA) is 45.2 Å². The van der Waals surface area contributed by atoms with Crippen LogP contribution in [0, 0.1) is 0 Å². The second-order valence-corrected chi connectivity index (χ2v) is 5.55. The van der Waals surface area contributed by atoms with Crippen molar-refractivity contribution in [3.8, 4) is 0 Å². The van der Waals surface area contributed by atoms with Gasteiger partial charge in [0, 0.05) is 37.3 Å². The molecule has 1 aliphatic heterocycles. The van der Waals surface area contributed by atoms with Crippen LogP contribution in [-0.2, 0) is 0 Å². The summed E-state index contributed by atoms with van der Waals surface area (Å²) in [6.07, 6.45) is 1.72. The molecule has 5 heteroatoms. The van der Waals surface area contributed by atoms with Gasteiger partial charge in [-0.15, -0.1) is 0 Å². The minimum atomic E-state index is -0.107. The summed E-state index contributed by atoms with van der Waals surface area (Å²) in [5, 5.41) is 3.41. The molecule has 2 aromatic rings. The van der Waals surface area contributed by atoms with Crippen LogP contribution in [0.5, 0.6) is 0 Å². The van der Waals surface area contributed by atoms with E-state index in [1.54, 1.807) is 25.4 Å². The highest BCUT2D eigenvalue weighted by molar-refractivity contribution is 6.30. The largest absolute Gasteiger partial charge is 0.355 e. The maximum atomic E-state index is 11.9. The van der Waals surface area contributed by atoms with Gasteiger partial charge in [-0.2, -0.15) is 0 Å². The van der Waals surface area contributed by atoms with Crippen molar-refractivity contribution in [3.05, 3.63) is 58.7 Å². The summed E-state index contributed by atoms with van der Waals surface area (Å²) in [6.45, 7) is 1.70. The Labute approximate surface area is 128 Å². The fraction of sp³-hybridized carbons (Fsp3) is 0.250. The Bertz CT molecular complexity index is 668. The predicted octanol–water partition coefficient (Wildman–Crippen LogP) is 2.70. The normalized spacial score (nSPS) is 14.7. The molecule has 1 aliphatic rings. The Kier molecular flexibility index (Phi) is 3.80. The summed E-state index contributed by atoms with van der Waals surface area (Å²) >= 11 is 6.03. The van der Waals surface area contributed by atoms with E-state index in [9.17, 15) is 4.79 Å². The summed E-state index contributed by atoms with van der Waals surface area (Å²) in [5.41, 5.74) is 1.85. The maximum Gasteiger partial charge on any atom is 0.254 e. The zero-order valence-corrected chi connectivity index (χ0v) is 12.5. The number of amides is 1. The van der Waals surface area contributed by atoms with Crippen LogP contribution in [0.2, 0.25) is 5.02 Å². The molecule has 1 aromatic carbocycles. The molecule has 0 atom stereocenters. The number of nitrogens with one attached hydrogen (secondary N) is 1. The van der Waals surface area contributed by atoms with E-state index in [0.29, 0.717) is 11.5 Å². The van der Waals surface area contributed by atoms with Crippen molar-refractivity contribution in [3.63, 3.8) is 0 Å². The lowest BCUT2D eigenvalue weighted by Crippen LogP contribution is -2.46. The molecule has 4 nitrogen and oxygen atoms in total. The molecule has 2 heterocycles. The number of aromatic nitrogens is 1. The lowest BCUT2D eigenvalue weighted by molar-refractivity contribution is 0.0963. The van der Waals surface area contributed by atoms with Gasteiger partial charge in [-0.3, -0.25) is 4.79 Å². The molecule has 3 rings (SSSR count). The van der Waals surface area contributed by atoms with Crippen molar-refractivity contribution in [1.29, 1.82) is 0 Å². The molecule has 21 heavy (non-hydrogen) atoms. The molecule has 1 aromatic heterocycles. The highest BCUT2D eigenvalue weighted by Gasteiger charge is 2.31. The molecule has 1 amide bonds. The molecule has 0 spiro atoms. The van der Waals surface area contributed by atoms with Gasteiger partial charge in [-0.1, -0.05) is 23.7 Å². The van der Waals surface area contributed by atoms with Gasteiger partial charge >= 0.3 is 0 Å². The smallest absolute Gasteiger partial charge is 0.254 e. The predicted molar refractivity (Wildman–Crippen MR) is 84.0 cm³/mol. The third kappa shape index (κ3) is 2.72. The number of halogens is 1. The van der Waals surface area contributed by atoms with Crippen molar-refractivity contribution in [1.82, 2.24) is 10.3 Å². The number of hydrogen-bond donors (Lipinski definition) is 1. The number of carbonyl (C=O) groups is 1. The molecule has 0 aliphatic carbocycles. The number of rotatable bonds is 3. The van der Waals surface area contributed by atoms with Crippen LogP contribution in [0.25, 0.3) is 0 Å². The minimum Gasteiger partial charge on any atom is -0.355 e. The van der Waals surface area contributed by atoms with Crippen LogP contribution in [0.15, 0.2) is 42.6 Å². The Morgan fingerprint density at radius 3 is 2.86 bits per heavy atom. The number of hydrogen-bond acceptors (Lipinski definition) is 3. The van der Waals surface area contributed by atoms with Crippen molar-refractivity contribution in [2.45, 2.75) is 5.92 Å². The molecule has 1 saturated heterocycles. The van der Waals surface area contributed by atoms with Gasteiger partial charge in [0.2, 0.25) is 0 Å². The average Bonchev–Trinajstić information content (AvgIpc) is 2.45. The van der Waals surface area contributed by atoms with Crippen molar-refractivity contribution in [2.75, 3.05) is 25.0 Å². The molecule has 1 fully saturated rings. The Balaban J connectivity index is 1.76. The highest BCUT2D eigenvalue weighted by atomic mass is 35.5. The standard InChI is InChI=1S/C16H16ClN3O/c1-18-16(21)14-6-3-7-19-15(14)20-9-12(10-20)11-4-2-5-13(17)8-11/h2-8,12H,9-10H2,1H3,(H,18,21). The number of carbonyl (C=O) groups excluding carboxylic acids is 1. The van der Waals surface area contributed by atoms with Crippen molar-refractivity contribution >= 4 is 23.3 Å². The first kappa shape index (κ1) is 13.9.